The SMILES string of the molecule is CC(C)(C)C(O)Cc1ccnc2c([N+](=O)[O-])cccc12. The largest absolute Gasteiger partial charge is 0.392 e. The van der Waals surface area contributed by atoms with Gasteiger partial charge in [-0.05, 0) is 23.5 Å². The van der Waals surface area contributed by atoms with E-state index >= 15 is 0 Å². The summed E-state index contributed by atoms with van der Waals surface area (Å²) >= 11 is 0. The van der Waals surface area contributed by atoms with Gasteiger partial charge in [-0.3, -0.25) is 10.1 Å². The number of non-ortho nitro benzene ring substituents is 1. The Kier molecular flexibility index (Phi) is 3.72. The summed E-state index contributed by atoms with van der Waals surface area (Å²) in [5.41, 5.74) is 1.00. The average Bonchev–Trinajstić information content (AvgIpc) is 2.37. The summed E-state index contributed by atoms with van der Waals surface area (Å²) in [4.78, 5) is 14.7. The first-order valence-electron chi connectivity index (χ1n) is 6.50. The minimum absolute atomic E-state index is 0.00500. The van der Waals surface area contributed by atoms with Gasteiger partial charge in [-0.25, -0.2) is 4.98 Å². The number of nitrogens with zero attached hydrogens (tertiary/aromatic N) is 2. The fourth-order valence-corrected chi connectivity index (χ4v) is 2.06. The van der Waals surface area contributed by atoms with Crippen molar-refractivity contribution >= 4 is 16.6 Å². The fourth-order valence-electron chi connectivity index (χ4n) is 2.06. The van der Waals surface area contributed by atoms with Crippen LogP contribution in [0.1, 0.15) is 26.3 Å². The number of hydrogen-bond donors (Lipinski definition) is 1. The molecule has 0 spiro atoms. The molecule has 5 heteroatoms. The molecule has 1 heterocycles. The van der Waals surface area contributed by atoms with Crippen molar-refractivity contribution in [3.63, 3.8) is 0 Å². The molecule has 106 valence electrons. The second-order valence-corrected chi connectivity index (χ2v) is 5.99. The molecule has 20 heavy (non-hydrogen) atoms. The molecule has 0 aliphatic rings. The van der Waals surface area contributed by atoms with Crippen molar-refractivity contribution in [2.75, 3.05) is 0 Å². The number of nitro benzene ring substituents is 1. The van der Waals surface area contributed by atoms with Crippen LogP contribution in [0.25, 0.3) is 10.9 Å². The standard InChI is InChI=1S/C15H18N2O3/c1-15(2,3)13(18)9-10-7-8-16-14-11(10)5-4-6-12(14)17(19)20/h4-8,13,18H,9H2,1-3H3. The second-order valence-electron chi connectivity index (χ2n) is 5.99. The Morgan fingerprint density at radius 3 is 2.65 bits per heavy atom. The van der Waals surface area contributed by atoms with Crippen molar-refractivity contribution in [2.24, 2.45) is 5.41 Å². The maximum atomic E-state index is 11.0. The molecule has 2 aromatic rings. The highest BCUT2D eigenvalue weighted by Crippen LogP contribution is 2.29. The third-order valence-electron chi connectivity index (χ3n) is 3.45. The number of hydrogen-bond acceptors (Lipinski definition) is 4. The highest BCUT2D eigenvalue weighted by atomic mass is 16.6. The van der Waals surface area contributed by atoms with E-state index in [-0.39, 0.29) is 11.1 Å². The first kappa shape index (κ1) is 14.4. The van der Waals surface area contributed by atoms with Gasteiger partial charge >= 0.3 is 0 Å². The summed E-state index contributed by atoms with van der Waals surface area (Å²) in [6.45, 7) is 5.89. The molecule has 1 aromatic carbocycles. The van der Waals surface area contributed by atoms with Crippen LogP contribution in [0.3, 0.4) is 0 Å². The Labute approximate surface area is 117 Å². The number of pyridine rings is 1. The van der Waals surface area contributed by atoms with E-state index in [2.05, 4.69) is 4.98 Å². The van der Waals surface area contributed by atoms with Crippen LogP contribution in [-0.4, -0.2) is 21.1 Å². The van der Waals surface area contributed by atoms with Gasteiger partial charge < -0.3 is 5.11 Å². The molecule has 0 aliphatic heterocycles. The molecule has 0 aliphatic carbocycles. The van der Waals surface area contributed by atoms with E-state index in [1.165, 1.54) is 6.07 Å². The lowest BCUT2D eigenvalue weighted by Crippen LogP contribution is -2.28. The number of para-hydroxylation sites is 1. The number of rotatable bonds is 3. The fraction of sp³-hybridized carbons (Fsp3) is 0.400. The third-order valence-corrected chi connectivity index (χ3v) is 3.45. The normalized spacial score (nSPS) is 13.4. The smallest absolute Gasteiger partial charge is 0.295 e. The van der Waals surface area contributed by atoms with E-state index in [4.69, 9.17) is 0 Å². The zero-order chi connectivity index (χ0) is 14.9. The predicted octanol–water partition coefficient (Wildman–Crippen LogP) is 3.09. The molecule has 1 aromatic heterocycles. The molecule has 0 saturated heterocycles. The predicted molar refractivity (Wildman–Crippen MR) is 77.6 cm³/mol. The van der Waals surface area contributed by atoms with E-state index in [9.17, 15) is 15.2 Å². The second kappa shape index (κ2) is 5.17. The number of nitro groups is 1. The Balaban J connectivity index is 2.51. The van der Waals surface area contributed by atoms with E-state index < -0.39 is 11.0 Å². The Hall–Kier alpha value is -2.01. The van der Waals surface area contributed by atoms with E-state index in [1.54, 1.807) is 24.4 Å². The lowest BCUT2D eigenvalue weighted by molar-refractivity contribution is -0.383. The van der Waals surface area contributed by atoms with Crippen LogP contribution in [-0.2, 0) is 6.42 Å². The van der Waals surface area contributed by atoms with Crippen LogP contribution in [0.5, 0.6) is 0 Å². The van der Waals surface area contributed by atoms with Crippen molar-refractivity contribution in [3.8, 4) is 0 Å². The van der Waals surface area contributed by atoms with Crippen LogP contribution in [0.2, 0.25) is 0 Å². The summed E-state index contributed by atoms with van der Waals surface area (Å²) < 4.78 is 0. The molecule has 1 N–H and O–H groups in total. The summed E-state index contributed by atoms with van der Waals surface area (Å²) in [5, 5.41) is 22.0. The van der Waals surface area contributed by atoms with Gasteiger partial charge in [0.1, 0.15) is 5.52 Å². The monoisotopic (exact) mass is 274 g/mol. The summed E-state index contributed by atoms with van der Waals surface area (Å²) in [6.07, 6.45) is 1.48. The number of fused-ring (bicyclic) bond motifs is 1. The van der Waals surface area contributed by atoms with Gasteiger partial charge in [0.2, 0.25) is 0 Å². The maximum Gasteiger partial charge on any atom is 0.295 e. The minimum atomic E-state index is -0.521. The number of aliphatic hydroxyl groups is 1. The van der Waals surface area contributed by atoms with Gasteiger partial charge in [0.05, 0.1) is 11.0 Å². The van der Waals surface area contributed by atoms with E-state index in [0.717, 1.165) is 10.9 Å². The van der Waals surface area contributed by atoms with Gasteiger partial charge in [-0.15, -0.1) is 0 Å². The molecule has 0 bridgehead atoms. The van der Waals surface area contributed by atoms with Crippen LogP contribution in [0, 0.1) is 15.5 Å². The van der Waals surface area contributed by atoms with Gasteiger partial charge in [0, 0.05) is 17.6 Å². The number of aliphatic hydroxyl groups excluding tert-OH is 1. The topological polar surface area (TPSA) is 76.3 Å². The summed E-state index contributed by atoms with van der Waals surface area (Å²) in [6, 6.07) is 6.70. The van der Waals surface area contributed by atoms with Crippen LogP contribution in [0.4, 0.5) is 5.69 Å². The van der Waals surface area contributed by atoms with Crippen molar-refractivity contribution in [2.45, 2.75) is 33.3 Å². The molecule has 1 atom stereocenters. The Bertz CT molecular complexity index is 647. The van der Waals surface area contributed by atoms with Crippen LogP contribution >= 0.6 is 0 Å². The molecule has 1 unspecified atom stereocenters. The van der Waals surface area contributed by atoms with Crippen LogP contribution < -0.4 is 0 Å². The highest BCUT2D eigenvalue weighted by molar-refractivity contribution is 5.89. The number of benzene rings is 1. The molecular formula is C15H18N2O3. The average molecular weight is 274 g/mol. The molecular weight excluding hydrogens is 256 g/mol. The Morgan fingerprint density at radius 1 is 1.35 bits per heavy atom. The molecule has 0 radical (unpaired) electrons. The zero-order valence-corrected chi connectivity index (χ0v) is 11.8. The lowest BCUT2D eigenvalue weighted by atomic mass is 9.85. The minimum Gasteiger partial charge on any atom is -0.392 e. The quantitative estimate of drug-likeness (QED) is 0.689. The molecule has 2 rings (SSSR count). The maximum absolute atomic E-state index is 11.0. The summed E-state index contributed by atoms with van der Waals surface area (Å²) in [7, 11) is 0. The third kappa shape index (κ3) is 2.77. The lowest BCUT2D eigenvalue weighted by Gasteiger charge is -2.26. The molecule has 5 nitrogen and oxygen atoms in total. The van der Waals surface area contributed by atoms with Gasteiger partial charge in [0.15, 0.2) is 0 Å². The van der Waals surface area contributed by atoms with Crippen molar-refractivity contribution in [3.05, 3.63) is 46.1 Å². The van der Waals surface area contributed by atoms with Gasteiger partial charge in [0.25, 0.3) is 5.69 Å². The van der Waals surface area contributed by atoms with Crippen molar-refractivity contribution in [1.29, 1.82) is 0 Å². The highest BCUT2D eigenvalue weighted by Gasteiger charge is 2.23. The van der Waals surface area contributed by atoms with Crippen LogP contribution in [0.15, 0.2) is 30.5 Å². The first-order chi connectivity index (χ1) is 9.30. The Morgan fingerprint density at radius 2 is 2.05 bits per heavy atom. The van der Waals surface area contributed by atoms with Gasteiger partial charge in [-0.2, -0.15) is 0 Å². The first-order valence-corrected chi connectivity index (χ1v) is 6.50. The molecule has 0 saturated carbocycles. The van der Waals surface area contributed by atoms with Crippen molar-refractivity contribution < 1.29 is 10.0 Å². The zero-order valence-electron chi connectivity index (χ0n) is 11.8. The number of aromatic nitrogens is 1. The van der Waals surface area contributed by atoms with Crippen molar-refractivity contribution in [1.82, 2.24) is 4.98 Å². The van der Waals surface area contributed by atoms with E-state index in [0.29, 0.717) is 11.9 Å². The summed E-state index contributed by atoms with van der Waals surface area (Å²) in [5.74, 6) is 0. The van der Waals surface area contributed by atoms with Gasteiger partial charge in [-0.1, -0.05) is 32.9 Å². The molecule has 0 fully saturated rings. The van der Waals surface area contributed by atoms with E-state index in [1.807, 2.05) is 20.8 Å². The molecule has 0 amide bonds.